The van der Waals surface area contributed by atoms with Crippen LogP contribution in [0.2, 0.25) is 0 Å². The molecule has 114 valence electrons. The summed E-state index contributed by atoms with van der Waals surface area (Å²) in [5.41, 5.74) is 2.10. The minimum Gasteiger partial charge on any atom is -0.312 e. The maximum absolute atomic E-state index is 12.0. The Balaban J connectivity index is 2.19. The van der Waals surface area contributed by atoms with E-state index in [1.807, 2.05) is 39.8 Å². The third kappa shape index (κ3) is 3.58. The zero-order valence-electron chi connectivity index (χ0n) is 13.2. The fourth-order valence-corrected chi connectivity index (χ4v) is 2.11. The van der Waals surface area contributed by atoms with Crippen LogP contribution in [0.1, 0.15) is 36.7 Å². The standard InChI is InChI=1S/C18H19NO3/c1-12-7-5-6-8-14(12)17(21)22-19-13-9-10-16(20)15(11-13)18(2,3)4/h5-11H,1-4H3/b19-13+. The number of aryl methyl sites for hydroxylation is 1. The van der Waals surface area contributed by atoms with Crippen molar-refractivity contribution in [2.45, 2.75) is 27.7 Å². The first-order chi connectivity index (χ1) is 10.3. The number of benzene rings is 1. The molecule has 0 N–H and O–H groups in total. The zero-order valence-corrected chi connectivity index (χ0v) is 13.2. The summed E-state index contributed by atoms with van der Waals surface area (Å²) in [6.07, 6.45) is 4.65. The maximum atomic E-state index is 12.0. The van der Waals surface area contributed by atoms with Gasteiger partial charge in [-0.3, -0.25) is 4.79 Å². The topological polar surface area (TPSA) is 55.7 Å². The number of oxime groups is 1. The van der Waals surface area contributed by atoms with Crippen molar-refractivity contribution in [1.82, 2.24) is 0 Å². The second-order valence-corrected chi connectivity index (χ2v) is 6.22. The molecule has 0 radical (unpaired) electrons. The highest BCUT2D eigenvalue weighted by Gasteiger charge is 2.24. The third-order valence-corrected chi connectivity index (χ3v) is 3.37. The van der Waals surface area contributed by atoms with Gasteiger partial charge >= 0.3 is 5.97 Å². The molecule has 1 aromatic carbocycles. The minimum atomic E-state index is -0.512. The Morgan fingerprint density at radius 3 is 2.45 bits per heavy atom. The van der Waals surface area contributed by atoms with Crippen molar-refractivity contribution in [3.63, 3.8) is 0 Å². The molecule has 0 saturated carbocycles. The van der Waals surface area contributed by atoms with E-state index in [0.717, 1.165) is 5.56 Å². The van der Waals surface area contributed by atoms with Gasteiger partial charge in [0.1, 0.15) is 5.71 Å². The second kappa shape index (κ2) is 6.10. The number of ketones is 1. The van der Waals surface area contributed by atoms with Crippen LogP contribution >= 0.6 is 0 Å². The summed E-state index contributed by atoms with van der Waals surface area (Å²) in [6.45, 7) is 7.69. The van der Waals surface area contributed by atoms with Gasteiger partial charge in [-0.25, -0.2) is 4.79 Å². The number of allylic oxidation sites excluding steroid dienone is 4. The molecule has 0 atom stereocenters. The van der Waals surface area contributed by atoms with Crippen LogP contribution in [0.3, 0.4) is 0 Å². The molecule has 4 heteroatoms. The summed E-state index contributed by atoms with van der Waals surface area (Å²) in [7, 11) is 0. The van der Waals surface area contributed by atoms with Gasteiger partial charge in [-0.1, -0.05) is 44.1 Å². The zero-order chi connectivity index (χ0) is 16.3. The smallest absolute Gasteiger partial charge is 0.312 e. The van der Waals surface area contributed by atoms with Gasteiger partial charge in [0.05, 0.1) is 5.56 Å². The maximum Gasteiger partial charge on any atom is 0.366 e. The molecule has 22 heavy (non-hydrogen) atoms. The summed E-state index contributed by atoms with van der Waals surface area (Å²) >= 11 is 0. The summed E-state index contributed by atoms with van der Waals surface area (Å²) in [4.78, 5) is 28.9. The fraction of sp³-hybridized carbons (Fsp3) is 0.278. The molecule has 0 fully saturated rings. The highest BCUT2D eigenvalue weighted by Crippen LogP contribution is 2.28. The summed E-state index contributed by atoms with van der Waals surface area (Å²) in [6, 6.07) is 7.15. The molecule has 0 aromatic heterocycles. The fourth-order valence-electron chi connectivity index (χ4n) is 2.11. The molecule has 1 aromatic rings. The van der Waals surface area contributed by atoms with Crippen LogP contribution in [0.5, 0.6) is 0 Å². The van der Waals surface area contributed by atoms with Crippen molar-refractivity contribution >= 4 is 17.5 Å². The molecule has 0 bridgehead atoms. The number of hydrogen-bond acceptors (Lipinski definition) is 4. The Morgan fingerprint density at radius 2 is 1.82 bits per heavy atom. The molecule has 4 nitrogen and oxygen atoms in total. The number of nitrogens with zero attached hydrogens (tertiary/aromatic N) is 1. The van der Waals surface area contributed by atoms with E-state index < -0.39 is 5.97 Å². The van der Waals surface area contributed by atoms with E-state index in [-0.39, 0.29) is 11.2 Å². The Morgan fingerprint density at radius 1 is 1.14 bits per heavy atom. The molecule has 0 saturated heterocycles. The molecular weight excluding hydrogens is 278 g/mol. The molecule has 1 aliphatic carbocycles. The molecule has 0 amide bonds. The lowest BCUT2D eigenvalue weighted by Gasteiger charge is -2.22. The molecule has 0 spiro atoms. The monoisotopic (exact) mass is 297 g/mol. The van der Waals surface area contributed by atoms with Crippen molar-refractivity contribution in [3.05, 3.63) is 59.2 Å². The quantitative estimate of drug-likeness (QED) is 0.476. The van der Waals surface area contributed by atoms with Gasteiger partial charge in [0.25, 0.3) is 0 Å². The van der Waals surface area contributed by atoms with Crippen LogP contribution < -0.4 is 0 Å². The van der Waals surface area contributed by atoms with E-state index in [1.165, 1.54) is 6.08 Å². The summed E-state index contributed by atoms with van der Waals surface area (Å²) in [5.74, 6) is -0.557. The Labute approximate surface area is 130 Å². The third-order valence-electron chi connectivity index (χ3n) is 3.37. The highest BCUT2D eigenvalue weighted by atomic mass is 16.7. The lowest BCUT2D eigenvalue weighted by molar-refractivity contribution is -0.112. The van der Waals surface area contributed by atoms with E-state index >= 15 is 0 Å². The normalized spacial score (nSPS) is 16.6. The van der Waals surface area contributed by atoms with Crippen LogP contribution in [-0.4, -0.2) is 17.5 Å². The van der Waals surface area contributed by atoms with Gasteiger partial charge < -0.3 is 4.84 Å². The average molecular weight is 297 g/mol. The Kier molecular flexibility index (Phi) is 4.40. The number of carbonyl (C=O) groups is 2. The van der Waals surface area contributed by atoms with Gasteiger partial charge in [0.15, 0.2) is 5.78 Å². The van der Waals surface area contributed by atoms with Crippen LogP contribution in [-0.2, 0) is 9.63 Å². The van der Waals surface area contributed by atoms with Crippen LogP contribution in [0.15, 0.2) is 53.2 Å². The van der Waals surface area contributed by atoms with Crippen molar-refractivity contribution in [2.24, 2.45) is 10.6 Å². The molecule has 2 rings (SSSR count). The number of carbonyl (C=O) groups excluding carboxylic acids is 2. The average Bonchev–Trinajstić information content (AvgIpc) is 2.45. The van der Waals surface area contributed by atoms with E-state index in [4.69, 9.17) is 4.84 Å². The van der Waals surface area contributed by atoms with Gasteiger partial charge in [-0.05, 0) is 42.2 Å². The van der Waals surface area contributed by atoms with Gasteiger partial charge in [-0.15, -0.1) is 0 Å². The SMILES string of the molecule is Cc1ccccc1C(=O)O/N=C1\C=CC(=O)C(C(C)(C)C)=C1. The molecule has 0 heterocycles. The molecule has 0 aliphatic heterocycles. The van der Waals surface area contributed by atoms with Crippen LogP contribution in [0.4, 0.5) is 0 Å². The van der Waals surface area contributed by atoms with Gasteiger partial charge in [0.2, 0.25) is 0 Å². The van der Waals surface area contributed by atoms with Gasteiger partial charge in [0, 0.05) is 5.57 Å². The van der Waals surface area contributed by atoms with Crippen molar-refractivity contribution < 1.29 is 14.4 Å². The lowest BCUT2D eigenvalue weighted by Crippen LogP contribution is -2.20. The van der Waals surface area contributed by atoms with Gasteiger partial charge in [-0.2, -0.15) is 0 Å². The van der Waals surface area contributed by atoms with Crippen molar-refractivity contribution in [3.8, 4) is 0 Å². The summed E-state index contributed by atoms with van der Waals surface area (Å²) in [5, 5.41) is 3.85. The second-order valence-electron chi connectivity index (χ2n) is 6.22. The summed E-state index contributed by atoms with van der Waals surface area (Å²) < 4.78 is 0. The first-order valence-corrected chi connectivity index (χ1v) is 7.08. The predicted octanol–water partition coefficient (Wildman–Crippen LogP) is 3.62. The van der Waals surface area contributed by atoms with E-state index in [2.05, 4.69) is 5.16 Å². The molecule has 0 unspecified atom stereocenters. The van der Waals surface area contributed by atoms with E-state index in [1.54, 1.807) is 24.3 Å². The predicted molar refractivity (Wildman–Crippen MR) is 85.7 cm³/mol. The van der Waals surface area contributed by atoms with E-state index in [0.29, 0.717) is 16.8 Å². The van der Waals surface area contributed by atoms with Crippen LogP contribution in [0.25, 0.3) is 0 Å². The Bertz CT molecular complexity index is 703. The van der Waals surface area contributed by atoms with Crippen molar-refractivity contribution in [1.29, 1.82) is 0 Å². The largest absolute Gasteiger partial charge is 0.366 e. The van der Waals surface area contributed by atoms with Crippen LogP contribution in [0, 0.1) is 12.3 Å². The number of hydrogen-bond donors (Lipinski definition) is 0. The first-order valence-electron chi connectivity index (χ1n) is 7.08. The molecule has 1 aliphatic rings. The Hall–Kier alpha value is -2.49. The highest BCUT2D eigenvalue weighted by molar-refractivity contribution is 6.19. The minimum absolute atomic E-state index is 0.0447. The lowest BCUT2D eigenvalue weighted by atomic mass is 9.81. The first kappa shape index (κ1) is 15.9. The van der Waals surface area contributed by atoms with E-state index in [9.17, 15) is 9.59 Å². The molecular formula is C18H19NO3. The number of rotatable bonds is 2. The van der Waals surface area contributed by atoms with Crippen molar-refractivity contribution in [2.75, 3.05) is 0 Å².